The van der Waals surface area contributed by atoms with Gasteiger partial charge in [-0.05, 0) is 44.5 Å². The van der Waals surface area contributed by atoms with Crippen LogP contribution in [0, 0.1) is 13.8 Å². The molecule has 1 amide bonds. The molecule has 0 saturated carbocycles. The minimum Gasteiger partial charge on any atom is -0.344 e. The van der Waals surface area contributed by atoms with E-state index in [1.54, 1.807) is 54.8 Å². The van der Waals surface area contributed by atoms with Crippen LogP contribution in [0.15, 0.2) is 36.7 Å². The molecule has 154 valence electrons. The molecule has 1 aromatic carbocycles. The Balaban J connectivity index is 2.02. The molecule has 0 radical (unpaired) electrons. The first-order valence-electron chi connectivity index (χ1n) is 9.25. The van der Waals surface area contributed by atoms with Gasteiger partial charge in [0, 0.05) is 31.4 Å². The van der Waals surface area contributed by atoms with Gasteiger partial charge in [-0.1, -0.05) is 11.6 Å². The quantitative estimate of drug-likeness (QED) is 0.659. The number of likely N-dealkylation sites (N-methyl/N-ethyl adjacent to an activating group) is 1. The number of hydrogen-bond acceptors (Lipinski definition) is 3. The summed E-state index contributed by atoms with van der Waals surface area (Å²) in [4.78, 5) is 18.1. The van der Waals surface area contributed by atoms with Crippen LogP contribution in [0.2, 0.25) is 0 Å². The van der Waals surface area contributed by atoms with Crippen LogP contribution in [0.5, 0.6) is 0 Å². The third kappa shape index (κ3) is 4.21. The average molecular weight is 404 g/mol. The van der Waals surface area contributed by atoms with E-state index in [-0.39, 0.29) is 18.1 Å². The highest BCUT2D eigenvalue weighted by atomic mass is 19.4. The predicted molar refractivity (Wildman–Crippen MR) is 107 cm³/mol. The summed E-state index contributed by atoms with van der Waals surface area (Å²) >= 11 is 0. The monoisotopic (exact) mass is 404 g/mol. The van der Waals surface area contributed by atoms with Crippen molar-refractivity contribution in [3.05, 3.63) is 53.3 Å². The Morgan fingerprint density at radius 1 is 1.24 bits per heavy atom. The fourth-order valence-corrected chi connectivity index (χ4v) is 3.28. The molecule has 3 aromatic rings. The van der Waals surface area contributed by atoms with Gasteiger partial charge in [-0.15, -0.1) is 0 Å². The van der Waals surface area contributed by atoms with Gasteiger partial charge in [0.15, 0.2) is 0 Å². The fourth-order valence-electron chi connectivity index (χ4n) is 3.28. The van der Waals surface area contributed by atoms with Gasteiger partial charge in [0.2, 0.25) is 5.91 Å². The molecule has 1 N–H and O–H groups in total. The first kappa shape index (κ1) is 20.7. The summed E-state index contributed by atoms with van der Waals surface area (Å²) in [5.41, 5.74) is 0.996. The van der Waals surface area contributed by atoms with Gasteiger partial charge in [0.05, 0.1) is 16.8 Å². The van der Waals surface area contributed by atoms with Crippen LogP contribution in [0.3, 0.4) is 0 Å². The van der Waals surface area contributed by atoms with Crippen LogP contribution in [0.25, 0.3) is 10.9 Å². The van der Waals surface area contributed by atoms with Crippen molar-refractivity contribution in [2.24, 2.45) is 0 Å². The number of fused-ring (bicyclic) bond motifs is 1. The second-order valence-corrected chi connectivity index (χ2v) is 7.07. The van der Waals surface area contributed by atoms with Crippen LogP contribution in [-0.4, -0.2) is 34.0 Å². The topological polar surface area (TPSA) is 50.2 Å². The molecule has 0 unspecified atom stereocenters. The molecule has 8 heteroatoms. The second-order valence-electron chi connectivity index (χ2n) is 7.07. The van der Waals surface area contributed by atoms with Gasteiger partial charge in [-0.25, -0.2) is 4.98 Å². The van der Waals surface area contributed by atoms with E-state index in [0.717, 1.165) is 11.6 Å². The highest BCUT2D eigenvalue weighted by molar-refractivity contribution is 5.93. The molecule has 0 aliphatic rings. The first-order valence-corrected chi connectivity index (χ1v) is 9.25. The SMILES string of the molecule is CCN(C)C(=O)Cn1ccc2c(Nc3c(C)cc(C)cc3C(F)(F)F)nccc21. The lowest BCUT2D eigenvalue weighted by atomic mass is 10.0. The minimum atomic E-state index is -4.49. The molecule has 0 bridgehead atoms. The summed E-state index contributed by atoms with van der Waals surface area (Å²) in [6.45, 7) is 5.90. The van der Waals surface area contributed by atoms with Crippen molar-refractivity contribution in [1.29, 1.82) is 0 Å². The van der Waals surface area contributed by atoms with E-state index in [1.807, 2.05) is 6.92 Å². The predicted octanol–water partition coefficient (Wildman–Crippen LogP) is 4.89. The van der Waals surface area contributed by atoms with Gasteiger partial charge in [-0.2, -0.15) is 13.2 Å². The average Bonchev–Trinajstić information content (AvgIpc) is 3.05. The number of hydrogen-bond donors (Lipinski definition) is 1. The standard InChI is InChI=1S/C21H23F3N4O/c1-5-27(4)18(29)12-28-9-7-15-17(28)6-8-25-20(15)26-19-14(3)10-13(2)11-16(19)21(22,23)24/h6-11H,5,12H2,1-4H3,(H,25,26). The summed E-state index contributed by atoms with van der Waals surface area (Å²) in [6.07, 6.45) is -1.23. The van der Waals surface area contributed by atoms with Gasteiger partial charge >= 0.3 is 6.18 Å². The van der Waals surface area contributed by atoms with E-state index >= 15 is 0 Å². The Labute approximate surface area is 167 Å². The highest BCUT2D eigenvalue weighted by Crippen LogP contribution is 2.39. The van der Waals surface area contributed by atoms with E-state index in [9.17, 15) is 18.0 Å². The van der Waals surface area contributed by atoms with Crippen molar-refractivity contribution >= 4 is 28.3 Å². The van der Waals surface area contributed by atoms with E-state index in [2.05, 4.69) is 10.3 Å². The van der Waals surface area contributed by atoms with E-state index in [1.165, 1.54) is 6.20 Å². The largest absolute Gasteiger partial charge is 0.418 e. The number of carbonyl (C=O) groups excluding carboxylic acids is 1. The van der Waals surface area contributed by atoms with Crippen LogP contribution in [0.4, 0.5) is 24.7 Å². The Morgan fingerprint density at radius 2 is 1.97 bits per heavy atom. The van der Waals surface area contributed by atoms with E-state index in [0.29, 0.717) is 28.9 Å². The molecular weight excluding hydrogens is 381 g/mol. The molecule has 0 atom stereocenters. The molecular formula is C21H23F3N4O. The molecule has 3 rings (SSSR count). The Hall–Kier alpha value is -3.03. The summed E-state index contributed by atoms with van der Waals surface area (Å²) < 4.78 is 42.5. The maximum Gasteiger partial charge on any atom is 0.418 e. The molecule has 2 aromatic heterocycles. The number of alkyl halides is 3. The number of aryl methyl sites for hydroxylation is 2. The highest BCUT2D eigenvalue weighted by Gasteiger charge is 2.34. The van der Waals surface area contributed by atoms with Crippen molar-refractivity contribution in [3.8, 4) is 0 Å². The van der Waals surface area contributed by atoms with Gasteiger partial charge in [-0.3, -0.25) is 4.79 Å². The molecule has 0 saturated heterocycles. The molecule has 0 spiro atoms. The molecule has 0 aliphatic heterocycles. The smallest absolute Gasteiger partial charge is 0.344 e. The van der Waals surface area contributed by atoms with Crippen LogP contribution < -0.4 is 5.32 Å². The molecule has 0 fully saturated rings. The number of nitrogens with one attached hydrogen (secondary N) is 1. The summed E-state index contributed by atoms with van der Waals surface area (Å²) in [6, 6.07) is 6.31. The number of pyridine rings is 1. The van der Waals surface area contributed by atoms with Crippen LogP contribution in [0.1, 0.15) is 23.6 Å². The van der Waals surface area contributed by atoms with Gasteiger partial charge in [0.1, 0.15) is 12.4 Å². The summed E-state index contributed by atoms with van der Waals surface area (Å²) in [5, 5.41) is 3.52. The summed E-state index contributed by atoms with van der Waals surface area (Å²) in [5.74, 6) is 0.264. The van der Waals surface area contributed by atoms with Crippen molar-refractivity contribution in [3.63, 3.8) is 0 Å². The van der Waals surface area contributed by atoms with Crippen molar-refractivity contribution < 1.29 is 18.0 Å². The zero-order valence-corrected chi connectivity index (χ0v) is 16.8. The normalized spacial score (nSPS) is 11.7. The molecule has 2 heterocycles. The maximum atomic E-state index is 13.6. The van der Waals surface area contributed by atoms with Crippen molar-refractivity contribution in [2.45, 2.75) is 33.5 Å². The Morgan fingerprint density at radius 3 is 2.62 bits per heavy atom. The van der Waals surface area contributed by atoms with E-state index < -0.39 is 11.7 Å². The minimum absolute atomic E-state index is 0.0161. The third-order valence-electron chi connectivity index (χ3n) is 4.93. The van der Waals surface area contributed by atoms with Gasteiger partial charge in [0.25, 0.3) is 0 Å². The fraction of sp³-hybridized carbons (Fsp3) is 0.333. The summed E-state index contributed by atoms with van der Waals surface area (Å²) in [7, 11) is 1.72. The lowest BCUT2D eigenvalue weighted by molar-refractivity contribution is -0.137. The first-order chi connectivity index (χ1) is 13.6. The number of rotatable bonds is 5. The molecule has 29 heavy (non-hydrogen) atoms. The Bertz CT molecular complexity index is 1060. The lowest BCUT2D eigenvalue weighted by Crippen LogP contribution is -2.29. The second kappa shape index (κ2) is 7.77. The van der Waals surface area contributed by atoms with Crippen molar-refractivity contribution in [2.75, 3.05) is 18.9 Å². The van der Waals surface area contributed by atoms with Crippen LogP contribution in [-0.2, 0) is 17.5 Å². The molecule has 5 nitrogen and oxygen atoms in total. The van der Waals surface area contributed by atoms with Crippen LogP contribution >= 0.6 is 0 Å². The third-order valence-corrected chi connectivity index (χ3v) is 4.93. The number of anilines is 2. The number of nitrogens with zero attached hydrogens (tertiary/aromatic N) is 3. The lowest BCUT2D eigenvalue weighted by Gasteiger charge is -2.18. The Kier molecular flexibility index (Phi) is 5.55. The number of amides is 1. The zero-order chi connectivity index (χ0) is 21.3. The molecule has 0 aliphatic carbocycles. The van der Waals surface area contributed by atoms with Gasteiger partial charge < -0.3 is 14.8 Å². The number of halogens is 3. The van der Waals surface area contributed by atoms with E-state index in [4.69, 9.17) is 0 Å². The number of carbonyl (C=O) groups is 1. The number of benzene rings is 1. The zero-order valence-electron chi connectivity index (χ0n) is 16.8. The maximum absolute atomic E-state index is 13.6. The number of aromatic nitrogens is 2. The van der Waals surface area contributed by atoms with Crippen molar-refractivity contribution in [1.82, 2.24) is 14.5 Å².